The van der Waals surface area contributed by atoms with E-state index in [1.54, 1.807) is 0 Å². The smallest absolute Gasteiger partial charge is 0.221 e. The van der Waals surface area contributed by atoms with Gasteiger partial charge in [0.2, 0.25) is 5.95 Å². The molecular weight excluding hydrogens is 204 g/mol. The van der Waals surface area contributed by atoms with Gasteiger partial charge in [0.15, 0.2) is 0 Å². The molecule has 0 aliphatic carbocycles. The van der Waals surface area contributed by atoms with Gasteiger partial charge in [0, 0.05) is 6.54 Å². The Hall–Kier alpha value is -1.10. The summed E-state index contributed by atoms with van der Waals surface area (Å²) < 4.78 is 7.97. The van der Waals surface area contributed by atoms with E-state index in [9.17, 15) is 0 Å². The predicted molar refractivity (Wildman–Crippen MR) is 60.5 cm³/mol. The number of aromatic nitrogens is 3. The molecule has 1 aromatic heterocycles. The van der Waals surface area contributed by atoms with Gasteiger partial charge in [-0.25, -0.2) is 4.68 Å². The van der Waals surface area contributed by atoms with Crippen molar-refractivity contribution in [2.75, 3.05) is 11.9 Å². The highest BCUT2D eigenvalue weighted by atomic mass is 16.5. The summed E-state index contributed by atoms with van der Waals surface area (Å²) in [6, 6.07) is 0.363. The average molecular weight is 222 g/mol. The highest BCUT2D eigenvalue weighted by molar-refractivity contribution is 5.28. The van der Waals surface area contributed by atoms with Gasteiger partial charge in [0.1, 0.15) is 5.82 Å². The van der Waals surface area contributed by atoms with Gasteiger partial charge in [0.25, 0.3) is 0 Å². The minimum absolute atomic E-state index is 0.317. The van der Waals surface area contributed by atoms with Crippen LogP contribution in [0.1, 0.15) is 38.1 Å². The Balaban J connectivity index is 1.86. The SMILES string of the molecule is Cc1nc2n(n1)C(C1CCC(C)O1)CCN2. The normalized spacial score (nSPS) is 33.5. The van der Waals surface area contributed by atoms with E-state index in [0.29, 0.717) is 18.2 Å². The first kappa shape index (κ1) is 10.1. The van der Waals surface area contributed by atoms with Gasteiger partial charge in [0.05, 0.1) is 18.2 Å². The molecule has 0 spiro atoms. The number of nitrogens with zero attached hydrogens (tertiary/aromatic N) is 3. The predicted octanol–water partition coefficient (Wildman–Crippen LogP) is 1.51. The maximum absolute atomic E-state index is 5.95. The number of aryl methyl sites for hydroxylation is 1. The third kappa shape index (κ3) is 1.59. The molecule has 1 saturated heterocycles. The molecule has 3 heterocycles. The molecule has 0 amide bonds. The van der Waals surface area contributed by atoms with Crippen LogP contribution in [-0.4, -0.2) is 33.5 Å². The van der Waals surface area contributed by atoms with Gasteiger partial charge in [-0.2, -0.15) is 10.1 Å². The fourth-order valence-corrected chi connectivity index (χ4v) is 2.70. The molecule has 88 valence electrons. The van der Waals surface area contributed by atoms with Gasteiger partial charge in [-0.3, -0.25) is 0 Å². The Morgan fingerprint density at radius 1 is 1.38 bits per heavy atom. The molecule has 0 radical (unpaired) electrons. The number of fused-ring (bicyclic) bond motifs is 1. The largest absolute Gasteiger partial charge is 0.373 e. The third-order valence-corrected chi connectivity index (χ3v) is 3.47. The Labute approximate surface area is 95.2 Å². The van der Waals surface area contributed by atoms with Crippen LogP contribution < -0.4 is 5.32 Å². The van der Waals surface area contributed by atoms with E-state index in [1.165, 1.54) is 0 Å². The van der Waals surface area contributed by atoms with E-state index in [-0.39, 0.29) is 0 Å². The highest BCUT2D eigenvalue weighted by Gasteiger charge is 2.34. The van der Waals surface area contributed by atoms with Crippen molar-refractivity contribution >= 4 is 5.95 Å². The van der Waals surface area contributed by atoms with Crippen LogP contribution in [0.2, 0.25) is 0 Å². The molecule has 1 aromatic rings. The number of ether oxygens (including phenoxy) is 1. The molecule has 3 atom stereocenters. The standard InChI is InChI=1S/C11H18N4O/c1-7-3-4-10(16-7)9-5-6-12-11-13-8(2)14-15(9)11/h7,9-10H,3-6H2,1-2H3,(H,12,13,14). The molecule has 0 aromatic carbocycles. The summed E-state index contributed by atoms with van der Waals surface area (Å²) in [5.41, 5.74) is 0. The van der Waals surface area contributed by atoms with Crippen molar-refractivity contribution in [3.05, 3.63) is 5.82 Å². The molecule has 1 fully saturated rings. The Kier molecular flexibility index (Phi) is 2.35. The topological polar surface area (TPSA) is 52.0 Å². The second-order valence-electron chi connectivity index (χ2n) is 4.77. The zero-order chi connectivity index (χ0) is 11.1. The Bertz CT molecular complexity index is 389. The lowest BCUT2D eigenvalue weighted by Gasteiger charge is -2.28. The van der Waals surface area contributed by atoms with Crippen LogP contribution in [-0.2, 0) is 4.74 Å². The van der Waals surface area contributed by atoms with Crippen LogP contribution in [0.15, 0.2) is 0 Å². The Morgan fingerprint density at radius 2 is 2.25 bits per heavy atom. The zero-order valence-corrected chi connectivity index (χ0v) is 9.81. The van der Waals surface area contributed by atoms with Gasteiger partial charge < -0.3 is 10.1 Å². The zero-order valence-electron chi connectivity index (χ0n) is 9.81. The first-order valence-corrected chi connectivity index (χ1v) is 6.06. The summed E-state index contributed by atoms with van der Waals surface area (Å²) in [4.78, 5) is 4.38. The van der Waals surface area contributed by atoms with E-state index < -0.39 is 0 Å². The van der Waals surface area contributed by atoms with Crippen molar-refractivity contribution in [2.24, 2.45) is 0 Å². The summed E-state index contributed by atoms with van der Waals surface area (Å²) in [6.45, 7) is 5.05. The molecule has 5 heteroatoms. The summed E-state index contributed by atoms with van der Waals surface area (Å²) in [5, 5.41) is 7.75. The molecule has 0 saturated carbocycles. The second kappa shape index (κ2) is 3.73. The maximum Gasteiger partial charge on any atom is 0.221 e. The highest BCUT2D eigenvalue weighted by Crippen LogP contribution is 2.33. The summed E-state index contributed by atoms with van der Waals surface area (Å²) >= 11 is 0. The number of anilines is 1. The van der Waals surface area contributed by atoms with Gasteiger partial charge in [-0.05, 0) is 33.1 Å². The lowest BCUT2D eigenvalue weighted by Crippen LogP contribution is -2.32. The van der Waals surface area contributed by atoms with E-state index in [0.717, 1.165) is 37.6 Å². The first-order valence-electron chi connectivity index (χ1n) is 6.06. The van der Waals surface area contributed by atoms with E-state index in [2.05, 4.69) is 22.3 Å². The second-order valence-corrected chi connectivity index (χ2v) is 4.77. The van der Waals surface area contributed by atoms with Crippen LogP contribution in [0.4, 0.5) is 5.95 Å². The molecule has 3 unspecified atom stereocenters. The fourth-order valence-electron chi connectivity index (χ4n) is 2.70. The fraction of sp³-hybridized carbons (Fsp3) is 0.818. The van der Waals surface area contributed by atoms with E-state index in [4.69, 9.17) is 4.74 Å². The van der Waals surface area contributed by atoms with Crippen molar-refractivity contribution in [2.45, 2.75) is 51.4 Å². The van der Waals surface area contributed by atoms with Crippen molar-refractivity contribution in [3.63, 3.8) is 0 Å². The Morgan fingerprint density at radius 3 is 3.00 bits per heavy atom. The molecular formula is C11H18N4O. The number of hydrogen-bond acceptors (Lipinski definition) is 4. The van der Waals surface area contributed by atoms with Crippen LogP contribution in [0, 0.1) is 6.92 Å². The van der Waals surface area contributed by atoms with E-state index in [1.807, 2.05) is 11.6 Å². The quantitative estimate of drug-likeness (QED) is 0.782. The monoisotopic (exact) mass is 222 g/mol. The molecule has 2 aliphatic rings. The van der Waals surface area contributed by atoms with Gasteiger partial charge in [-0.1, -0.05) is 0 Å². The van der Waals surface area contributed by atoms with Crippen LogP contribution >= 0.6 is 0 Å². The number of nitrogens with one attached hydrogen (secondary N) is 1. The lowest BCUT2D eigenvalue weighted by molar-refractivity contribution is 0.0172. The van der Waals surface area contributed by atoms with Crippen LogP contribution in [0.3, 0.4) is 0 Å². The molecule has 2 aliphatic heterocycles. The van der Waals surface area contributed by atoms with Gasteiger partial charge in [-0.15, -0.1) is 0 Å². The maximum atomic E-state index is 5.95. The minimum atomic E-state index is 0.317. The summed E-state index contributed by atoms with van der Waals surface area (Å²) in [6.07, 6.45) is 4.10. The van der Waals surface area contributed by atoms with E-state index >= 15 is 0 Å². The molecule has 5 nitrogen and oxygen atoms in total. The van der Waals surface area contributed by atoms with Crippen LogP contribution in [0.25, 0.3) is 0 Å². The molecule has 1 N–H and O–H groups in total. The molecule has 0 bridgehead atoms. The summed E-state index contributed by atoms with van der Waals surface area (Å²) in [5.74, 6) is 1.73. The van der Waals surface area contributed by atoms with Crippen molar-refractivity contribution < 1.29 is 4.74 Å². The third-order valence-electron chi connectivity index (χ3n) is 3.47. The first-order chi connectivity index (χ1) is 7.74. The lowest BCUT2D eigenvalue weighted by atomic mass is 10.0. The average Bonchev–Trinajstić information content (AvgIpc) is 2.82. The molecule has 3 rings (SSSR count). The number of rotatable bonds is 1. The minimum Gasteiger partial charge on any atom is -0.373 e. The van der Waals surface area contributed by atoms with Crippen molar-refractivity contribution in [1.29, 1.82) is 0 Å². The van der Waals surface area contributed by atoms with Crippen LogP contribution in [0.5, 0.6) is 0 Å². The summed E-state index contributed by atoms with van der Waals surface area (Å²) in [7, 11) is 0. The molecule has 16 heavy (non-hydrogen) atoms. The van der Waals surface area contributed by atoms with Gasteiger partial charge >= 0.3 is 0 Å². The number of hydrogen-bond donors (Lipinski definition) is 1. The van der Waals surface area contributed by atoms with Crippen molar-refractivity contribution in [1.82, 2.24) is 14.8 Å². The van der Waals surface area contributed by atoms with Crippen molar-refractivity contribution in [3.8, 4) is 0 Å².